The zero-order valence-corrected chi connectivity index (χ0v) is 10.8. The van der Waals surface area contributed by atoms with Crippen molar-refractivity contribution in [3.8, 4) is 6.01 Å². The quantitative estimate of drug-likeness (QED) is 0.720. The van der Waals surface area contributed by atoms with Gasteiger partial charge in [-0.1, -0.05) is 13.3 Å². The lowest BCUT2D eigenvalue weighted by Crippen LogP contribution is -2.29. The molecule has 1 aromatic heterocycles. The van der Waals surface area contributed by atoms with Crippen molar-refractivity contribution in [2.75, 3.05) is 20.2 Å². The standard InChI is InChI=1S/C12H21N3O2/c1-4-5-6-13-7-8-15-11(16)9-10(2)14-12(15)17-3/h9,13H,4-8H2,1-3H3. The number of hydrogen-bond donors (Lipinski definition) is 1. The van der Waals surface area contributed by atoms with Gasteiger partial charge in [0.15, 0.2) is 0 Å². The molecule has 0 bridgehead atoms. The van der Waals surface area contributed by atoms with Gasteiger partial charge >= 0.3 is 0 Å². The third-order valence-electron chi connectivity index (χ3n) is 2.50. The van der Waals surface area contributed by atoms with Gasteiger partial charge in [0.25, 0.3) is 11.6 Å². The van der Waals surface area contributed by atoms with Gasteiger partial charge in [0.1, 0.15) is 0 Å². The van der Waals surface area contributed by atoms with Crippen LogP contribution in [0.1, 0.15) is 25.5 Å². The lowest BCUT2D eigenvalue weighted by atomic mass is 10.3. The molecule has 5 nitrogen and oxygen atoms in total. The minimum atomic E-state index is -0.0633. The van der Waals surface area contributed by atoms with E-state index in [1.165, 1.54) is 19.6 Å². The summed E-state index contributed by atoms with van der Waals surface area (Å²) < 4.78 is 6.66. The molecule has 17 heavy (non-hydrogen) atoms. The average molecular weight is 239 g/mol. The van der Waals surface area contributed by atoms with E-state index in [-0.39, 0.29) is 5.56 Å². The van der Waals surface area contributed by atoms with Crippen LogP contribution >= 0.6 is 0 Å². The van der Waals surface area contributed by atoms with Gasteiger partial charge < -0.3 is 10.1 Å². The van der Waals surface area contributed by atoms with E-state index in [1.54, 1.807) is 11.5 Å². The van der Waals surface area contributed by atoms with Gasteiger partial charge in [0.05, 0.1) is 7.11 Å². The van der Waals surface area contributed by atoms with E-state index in [0.29, 0.717) is 18.2 Å². The Morgan fingerprint density at radius 3 is 2.88 bits per heavy atom. The molecule has 0 aliphatic rings. The van der Waals surface area contributed by atoms with Gasteiger partial charge in [0.2, 0.25) is 0 Å². The summed E-state index contributed by atoms with van der Waals surface area (Å²) in [6.07, 6.45) is 2.32. The molecule has 0 radical (unpaired) electrons. The number of ether oxygens (including phenoxy) is 1. The second-order valence-electron chi connectivity index (χ2n) is 3.98. The first-order chi connectivity index (χ1) is 8.19. The first kappa shape index (κ1) is 13.7. The van der Waals surface area contributed by atoms with E-state index >= 15 is 0 Å². The maximum atomic E-state index is 11.8. The van der Waals surface area contributed by atoms with Gasteiger partial charge in [-0.05, 0) is 19.9 Å². The summed E-state index contributed by atoms with van der Waals surface area (Å²) in [4.78, 5) is 15.9. The highest BCUT2D eigenvalue weighted by molar-refractivity contribution is 5.06. The van der Waals surface area contributed by atoms with Crippen LogP contribution in [0.2, 0.25) is 0 Å². The smallest absolute Gasteiger partial charge is 0.299 e. The molecule has 0 amide bonds. The number of hydrogen-bond acceptors (Lipinski definition) is 4. The molecule has 0 fully saturated rings. The first-order valence-corrected chi connectivity index (χ1v) is 6.02. The van der Waals surface area contributed by atoms with Gasteiger partial charge in [-0.25, -0.2) is 4.98 Å². The second kappa shape index (κ2) is 7.06. The molecule has 96 valence electrons. The maximum absolute atomic E-state index is 11.8. The molecule has 1 rings (SSSR count). The van der Waals surface area contributed by atoms with Gasteiger partial charge in [-0.15, -0.1) is 0 Å². The topological polar surface area (TPSA) is 56.1 Å². The Morgan fingerprint density at radius 2 is 2.24 bits per heavy atom. The molecule has 0 unspecified atom stereocenters. The molecule has 5 heteroatoms. The minimum Gasteiger partial charge on any atom is -0.468 e. The lowest BCUT2D eigenvalue weighted by molar-refractivity contribution is 0.342. The Hall–Kier alpha value is -1.36. The van der Waals surface area contributed by atoms with Crippen molar-refractivity contribution in [1.29, 1.82) is 0 Å². The Bertz CT molecular complexity index is 401. The Labute approximate surface area is 102 Å². The SMILES string of the molecule is CCCCNCCn1c(OC)nc(C)cc1=O. The number of rotatable bonds is 7. The lowest BCUT2D eigenvalue weighted by Gasteiger charge is -2.11. The summed E-state index contributed by atoms with van der Waals surface area (Å²) >= 11 is 0. The fraction of sp³-hybridized carbons (Fsp3) is 0.667. The average Bonchev–Trinajstić information content (AvgIpc) is 2.30. The van der Waals surface area contributed by atoms with Crippen molar-refractivity contribution >= 4 is 0 Å². The fourth-order valence-electron chi connectivity index (χ4n) is 1.57. The van der Waals surface area contributed by atoms with Crippen LogP contribution in [0.3, 0.4) is 0 Å². The number of methoxy groups -OCH3 is 1. The van der Waals surface area contributed by atoms with Crippen LogP contribution in [-0.4, -0.2) is 29.8 Å². The first-order valence-electron chi connectivity index (χ1n) is 6.02. The van der Waals surface area contributed by atoms with Crippen LogP contribution in [-0.2, 0) is 6.54 Å². The summed E-state index contributed by atoms with van der Waals surface area (Å²) in [6, 6.07) is 1.90. The molecule has 0 aromatic carbocycles. The third kappa shape index (κ3) is 4.19. The highest BCUT2D eigenvalue weighted by Crippen LogP contribution is 2.03. The monoisotopic (exact) mass is 239 g/mol. The zero-order valence-electron chi connectivity index (χ0n) is 10.8. The van der Waals surface area contributed by atoms with E-state index in [2.05, 4.69) is 17.2 Å². The van der Waals surface area contributed by atoms with Gasteiger partial charge in [-0.2, -0.15) is 0 Å². The molecular weight excluding hydrogens is 218 g/mol. The molecule has 1 aromatic rings. The predicted octanol–water partition coefficient (Wildman–Crippen LogP) is 0.950. The van der Waals surface area contributed by atoms with E-state index < -0.39 is 0 Å². The van der Waals surface area contributed by atoms with Crippen molar-refractivity contribution in [3.63, 3.8) is 0 Å². The molecule has 0 aliphatic carbocycles. The van der Waals surface area contributed by atoms with Crippen LogP contribution in [0.4, 0.5) is 0 Å². The highest BCUT2D eigenvalue weighted by Gasteiger charge is 2.06. The molecule has 0 atom stereocenters. The second-order valence-corrected chi connectivity index (χ2v) is 3.98. The van der Waals surface area contributed by atoms with Crippen molar-refractivity contribution in [1.82, 2.24) is 14.9 Å². The largest absolute Gasteiger partial charge is 0.468 e. The molecule has 0 saturated carbocycles. The summed E-state index contributed by atoms with van der Waals surface area (Å²) in [5, 5.41) is 3.28. The third-order valence-corrected chi connectivity index (χ3v) is 2.50. The Kier molecular flexibility index (Phi) is 5.69. The number of aryl methyl sites for hydroxylation is 1. The minimum absolute atomic E-state index is 0.0633. The van der Waals surface area contributed by atoms with E-state index in [0.717, 1.165) is 19.5 Å². The fourth-order valence-corrected chi connectivity index (χ4v) is 1.57. The molecule has 0 aliphatic heterocycles. The Morgan fingerprint density at radius 1 is 1.47 bits per heavy atom. The van der Waals surface area contributed by atoms with E-state index in [4.69, 9.17) is 4.74 Å². The van der Waals surface area contributed by atoms with Crippen molar-refractivity contribution in [2.24, 2.45) is 0 Å². The van der Waals surface area contributed by atoms with Crippen molar-refractivity contribution in [3.05, 3.63) is 22.1 Å². The summed E-state index contributed by atoms with van der Waals surface area (Å²) in [5.74, 6) is 0. The van der Waals surface area contributed by atoms with Crippen LogP contribution in [0, 0.1) is 6.92 Å². The predicted molar refractivity (Wildman–Crippen MR) is 67.6 cm³/mol. The van der Waals surface area contributed by atoms with Crippen molar-refractivity contribution < 1.29 is 4.74 Å². The van der Waals surface area contributed by atoms with E-state index in [1.807, 2.05) is 0 Å². The van der Waals surface area contributed by atoms with Gasteiger partial charge in [0, 0.05) is 24.8 Å². The maximum Gasteiger partial charge on any atom is 0.299 e. The van der Waals surface area contributed by atoms with Gasteiger partial charge in [-0.3, -0.25) is 9.36 Å². The summed E-state index contributed by atoms with van der Waals surface area (Å²) in [7, 11) is 1.53. The highest BCUT2D eigenvalue weighted by atomic mass is 16.5. The number of aromatic nitrogens is 2. The number of nitrogens with one attached hydrogen (secondary N) is 1. The Balaban J connectivity index is 2.61. The molecule has 0 saturated heterocycles. The summed E-state index contributed by atoms with van der Waals surface area (Å²) in [6.45, 7) is 6.25. The van der Waals surface area contributed by atoms with Crippen LogP contribution in [0.15, 0.2) is 10.9 Å². The molecule has 1 heterocycles. The summed E-state index contributed by atoms with van der Waals surface area (Å²) in [5.41, 5.74) is 0.619. The van der Waals surface area contributed by atoms with E-state index in [9.17, 15) is 4.79 Å². The van der Waals surface area contributed by atoms with Crippen molar-refractivity contribution in [2.45, 2.75) is 33.2 Å². The van der Waals surface area contributed by atoms with Crippen LogP contribution < -0.4 is 15.6 Å². The van der Waals surface area contributed by atoms with Crippen LogP contribution in [0.5, 0.6) is 6.01 Å². The normalized spacial score (nSPS) is 10.5. The number of nitrogens with zero attached hydrogens (tertiary/aromatic N) is 2. The molecule has 0 spiro atoms. The molecular formula is C12H21N3O2. The van der Waals surface area contributed by atoms with Crippen LogP contribution in [0.25, 0.3) is 0 Å². The molecule has 1 N–H and O–H groups in total. The number of unbranched alkanes of at least 4 members (excludes halogenated alkanes) is 1. The zero-order chi connectivity index (χ0) is 12.7.